The number of nitrogens with one attached hydrogen (secondary N) is 2. The average molecular weight is 973 g/mol. The zero-order valence-corrected chi connectivity index (χ0v) is 31.3. The molecule has 0 bridgehead atoms. The van der Waals surface area contributed by atoms with Gasteiger partial charge in [-0.25, -0.2) is 40.3 Å². The summed E-state index contributed by atoms with van der Waals surface area (Å²) >= 11 is 5.34. The molecule has 0 saturated carbocycles. The third-order valence-electron chi connectivity index (χ3n) is 8.37. The molecule has 0 aliphatic carbocycles. The molecule has 11 nitrogen and oxygen atoms in total. The number of carbonyl (C=O) groups excluding carboxylic acids is 2. The standard InChI is InChI=1S/C36H10ClF17N2O9/c1-3-9(38)8(37)15(44)26(10(3)39)56-34(58)5-7(36(61)62)12(41)17(46)28(14(5)43)64-30-20(49)24(53)32(25(54)21(30)50)65-31-22(51)18(47)29(19(48)23(31)52)63-27-13(42)4(33(57)55-2)6(35(59)60)11(40)16(27)45/h1-2H3,(H,55,57)(H,56,58)(H,59,60)(H,61,62). The van der Waals surface area contributed by atoms with E-state index in [-0.39, 0.29) is 0 Å². The monoisotopic (exact) mass is 972 g/mol. The molecule has 0 unspecified atom stereocenters. The number of aromatic carboxylic acids is 2. The minimum atomic E-state index is -3.13. The van der Waals surface area contributed by atoms with Crippen molar-refractivity contribution in [1.82, 2.24) is 5.32 Å². The number of carboxylic acids is 2. The zero-order valence-electron chi connectivity index (χ0n) is 30.6. The van der Waals surface area contributed by atoms with Gasteiger partial charge in [-0.1, -0.05) is 11.6 Å². The summed E-state index contributed by atoms with van der Waals surface area (Å²) in [6.45, 7) is 0.599. The molecule has 29 heteroatoms. The summed E-state index contributed by atoms with van der Waals surface area (Å²) in [5.41, 5.74) is -11.6. The number of ether oxygens (including phenoxy) is 3. The van der Waals surface area contributed by atoms with Crippen LogP contribution in [-0.2, 0) is 0 Å². The van der Waals surface area contributed by atoms with Gasteiger partial charge in [0, 0.05) is 12.6 Å². The van der Waals surface area contributed by atoms with Crippen molar-refractivity contribution in [2.75, 3.05) is 12.4 Å². The van der Waals surface area contributed by atoms with Crippen molar-refractivity contribution in [2.24, 2.45) is 0 Å². The quantitative estimate of drug-likeness (QED) is 0.0574. The Morgan fingerprint density at radius 2 is 0.677 bits per heavy atom. The number of hydrogen-bond acceptors (Lipinski definition) is 7. The van der Waals surface area contributed by atoms with Crippen LogP contribution in [0.4, 0.5) is 80.3 Å². The number of benzene rings is 5. The topological polar surface area (TPSA) is 160 Å². The van der Waals surface area contributed by atoms with Crippen molar-refractivity contribution in [2.45, 2.75) is 6.92 Å². The highest BCUT2D eigenvalue weighted by Gasteiger charge is 2.40. The highest BCUT2D eigenvalue weighted by atomic mass is 35.5. The minimum Gasteiger partial charge on any atom is -0.478 e. The van der Waals surface area contributed by atoms with Gasteiger partial charge in [-0.15, -0.1) is 0 Å². The SMILES string of the molecule is CNC(=O)c1c(F)c(Oc2c(F)c(F)c(Oc3c(F)c(F)c(Oc4c(F)c(F)c(C(=O)O)c(C(=O)Nc5c(F)c(C)c(F)c(Cl)c5F)c4F)c(F)c3F)c(F)c2F)c(F)c(F)c1C(=O)O. The molecule has 0 atom stereocenters. The number of carboxylic acid groups (broad SMARTS) is 2. The molecule has 0 aliphatic rings. The number of amides is 2. The fourth-order valence-electron chi connectivity index (χ4n) is 5.29. The van der Waals surface area contributed by atoms with E-state index in [2.05, 4.69) is 14.2 Å². The Labute approximate surface area is 350 Å². The first kappa shape index (κ1) is 48.5. The van der Waals surface area contributed by atoms with Gasteiger partial charge in [0.25, 0.3) is 11.8 Å². The van der Waals surface area contributed by atoms with Gasteiger partial charge in [0.2, 0.25) is 92.7 Å². The molecule has 0 spiro atoms. The van der Waals surface area contributed by atoms with Crippen LogP contribution in [0.2, 0.25) is 5.02 Å². The molecule has 0 heterocycles. The molecule has 65 heavy (non-hydrogen) atoms. The first-order chi connectivity index (χ1) is 30.1. The highest BCUT2D eigenvalue weighted by Crippen LogP contribution is 2.45. The summed E-state index contributed by atoms with van der Waals surface area (Å²) in [6.07, 6.45) is 0. The van der Waals surface area contributed by atoms with Gasteiger partial charge in [0.05, 0.1) is 11.1 Å². The van der Waals surface area contributed by atoms with E-state index in [1.165, 1.54) is 0 Å². The van der Waals surface area contributed by atoms with Gasteiger partial charge in [-0.05, 0) is 6.92 Å². The Morgan fingerprint density at radius 3 is 0.969 bits per heavy atom. The van der Waals surface area contributed by atoms with Crippen molar-refractivity contribution in [3.63, 3.8) is 0 Å². The normalized spacial score (nSPS) is 11.1. The van der Waals surface area contributed by atoms with Gasteiger partial charge < -0.3 is 35.1 Å². The highest BCUT2D eigenvalue weighted by molar-refractivity contribution is 6.31. The summed E-state index contributed by atoms with van der Waals surface area (Å²) in [5, 5.41) is 19.6. The summed E-state index contributed by atoms with van der Waals surface area (Å²) in [4.78, 5) is 48.1. The van der Waals surface area contributed by atoms with Crippen LogP contribution in [0.3, 0.4) is 0 Å². The Morgan fingerprint density at radius 1 is 0.400 bits per heavy atom. The molecule has 2 amide bonds. The van der Waals surface area contributed by atoms with Gasteiger partial charge in [0.15, 0.2) is 40.7 Å². The van der Waals surface area contributed by atoms with E-state index >= 15 is 52.7 Å². The zero-order chi connectivity index (χ0) is 49.2. The number of hydrogen-bond donors (Lipinski definition) is 4. The lowest BCUT2D eigenvalue weighted by Gasteiger charge is -2.18. The van der Waals surface area contributed by atoms with Crippen molar-refractivity contribution < 1.29 is 118 Å². The Hall–Kier alpha value is -7.52. The molecule has 0 aromatic heterocycles. The van der Waals surface area contributed by atoms with E-state index in [9.17, 15) is 46.2 Å². The van der Waals surface area contributed by atoms with E-state index < -0.39 is 196 Å². The second-order valence-corrected chi connectivity index (χ2v) is 12.5. The molecule has 0 saturated heterocycles. The fraction of sp³-hybridized carbons (Fsp3) is 0.0556. The molecule has 0 radical (unpaired) electrons. The predicted octanol–water partition coefficient (Wildman–Crippen LogP) is 10.4. The van der Waals surface area contributed by atoms with Gasteiger partial charge in [-0.3, -0.25) is 9.59 Å². The molecular weight excluding hydrogens is 963 g/mol. The lowest BCUT2D eigenvalue weighted by atomic mass is 10.0. The van der Waals surface area contributed by atoms with Crippen LogP contribution >= 0.6 is 11.6 Å². The number of halogens is 18. The lowest BCUT2D eigenvalue weighted by Crippen LogP contribution is -2.25. The van der Waals surface area contributed by atoms with Gasteiger partial charge in [0.1, 0.15) is 21.8 Å². The fourth-order valence-corrected chi connectivity index (χ4v) is 5.53. The van der Waals surface area contributed by atoms with Gasteiger partial charge >= 0.3 is 11.9 Å². The first-order valence-electron chi connectivity index (χ1n) is 16.1. The molecule has 344 valence electrons. The second-order valence-electron chi connectivity index (χ2n) is 12.1. The Bertz CT molecular complexity index is 2900. The molecular formula is C36H10ClF17N2O9. The molecule has 5 rings (SSSR count). The van der Waals surface area contributed by atoms with E-state index in [0.717, 1.165) is 5.32 Å². The van der Waals surface area contributed by atoms with Crippen LogP contribution in [0.5, 0.6) is 34.5 Å². The van der Waals surface area contributed by atoms with E-state index in [4.69, 9.17) is 16.7 Å². The Balaban J connectivity index is 1.60. The smallest absolute Gasteiger partial charge is 0.339 e. The van der Waals surface area contributed by atoms with Crippen LogP contribution in [-0.4, -0.2) is 41.0 Å². The van der Waals surface area contributed by atoms with Crippen LogP contribution < -0.4 is 24.8 Å². The number of anilines is 1. The molecule has 5 aromatic rings. The summed E-state index contributed by atoms with van der Waals surface area (Å²) < 4.78 is 267. The van der Waals surface area contributed by atoms with E-state index in [1.54, 1.807) is 5.32 Å². The van der Waals surface area contributed by atoms with Crippen LogP contribution in [0.25, 0.3) is 0 Å². The maximum absolute atomic E-state index is 15.7. The summed E-state index contributed by atoms with van der Waals surface area (Å²) in [5.74, 6) is -73.1. The number of rotatable bonds is 11. The first-order valence-corrected chi connectivity index (χ1v) is 16.5. The van der Waals surface area contributed by atoms with Crippen molar-refractivity contribution >= 4 is 41.0 Å². The molecule has 0 aliphatic heterocycles. The van der Waals surface area contributed by atoms with Crippen LogP contribution in [0.1, 0.15) is 47.0 Å². The number of carbonyl (C=O) groups is 4. The van der Waals surface area contributed by atoms with Crippen LogP contribution in [0.15, 0.2) is 0 Å². The second kappa shape index (κ2) is 17.6. The maximum Gasteiger partial charge on any atom is 0.339 e. The molecule has 5 aromatic carbocycles. The third-order valence-corrected chi connectivity index (χ3v) is 8.70. The summed E-state index contributed by atoms with van der Waals surface area (Å²) in [6, 6.07) is 0. The van der Waals surface area contributed by atoms with Crippen molar-refractivity contribution in [3.05, 3.63) is 132 Å². The average Bonchev–Trinajstić information content (AvgIpc) is 3.25. The lowest BCUT2D eigenvalue weighted by molar-refractivity contribution is 0.0675. The van der Waals surface area contributed by atoms with Gasteiger partial charge in [-0.2, -0.15) is 43.9 Å². The largest absolute Gasteiger partial charge is 0.478 e. The molecule has 4 N–H and O–H groups in total. The van der Waals surface area contributed by atoms with E-state index in [1.807, 2.05) is 0 Å². The summed E-state index contributed by atoms with van der Waals surface area (Å²) in [7, 11) is 0.690. The Kier molecular flexibility index (Phi) is 13.1. The van der Waals surface area contributed by atoms with E-state index in [0.29, 0.717) is 14.0 Å². The van der Waals surface area contributed by atoms with Crippen LogP contribution in [0, 0.1) is 106 Å². The van der Waals surface area contributed by atoms with Crippen molar-refractivity contribution in [1.29, 1.82) is 0 Å². The minimum absolute atomic E-state index is 0.599. The maximum atomic E-state index is 15.7. The molecule has 0 fully saturated rings. The predicted molar refractivity (Wildman–Crippen MR) is 177 cm³/mol. The van der Waals surface area contributed by atoms with Crippen molar-refractivity contribution in [3.8, 4) is 34.5 Å². The third kappa shape index (κ3) is 7.81.